The van der Waals surface area contributed by atoms with Gasteiger partial charge in [0.2, 0.25) is 0 Å². The van der Waals surface area contributed by atoms with Crippen LogP contribution in [0.4, 0.5) is 0 Å². The number of carbonyl (C=O) groups excluding carboxylic acids is 2. The molecule has 1 aliphatic rings. The largest absolute Gasteiger partial charge is 0.348 e. The third-order valence-corrected chi connectivity index (χ3v) is 4.33. The van der Waals surface area contributed by atoms with Gasteiger partial charge in [-0.25, -0.2) is 0 Å². The fraction of sp³-hybridized carbons (Fsp3) is 0.278. The Bertz CT molecular complexity index is 873. The van der Waals surface area contributed by atoms with E-state index in [1.807, 2.05) is 13.0 Å². The molecule has 0 radical (unpaired) electrons. The Balaban J connectivity index is 1.81. The van der Waals surface area contributed by atoms with Crippen molar-refractivity contribution in [3.63, 3.8) is 0 Å². The molecule has 2 N–H and O–H groups in total. The van der Waals surface area contributed by atoms with Gasteiger partial charge in [0.05, 0.1) is 0 Å². The molecule has 1 aromatic carbocycles. The molecule has 0 aliphatic heterocycles. The van der Waals surface area contributed by atoms with E-state index >= 15 is 0 Å². The molecule has 5 nitrogen and oxygen atoms in total. The summed E-state index contributed by atoms with van der Waals surface area (Å²) in [6, 6.07) is 8.51. The van der Waals surface area contributed by atoms with E-state index in [1.54, 1.807) is 18.2 Å². The van der Waals surface area contributed by atoms with Crippen LogP contribution in [0.3, 0.4) is 0 Å². The normalized spacial score (nSPS) is 16.6. The predicted octanol–water partition coefficient (Wildman–Crippen LogP) is 2.72. The van der Waals surface area contributed by atoms with Crippen LogP contribution in [-0.2, 0) is 13.0 Å². The van der Waals surface area contributed by atoms with Crippen molar-refractivity contribution in [2.75, 3.05) is 0 Å². The molecule has 3 rings (SSSR count). The second-order valence-corrected chi connectivity index (χ2v) is 6.59. The molecular weight excluding hydrogens is 328 g/mol. The summed E-state index contributed by atoms with van der Waals surface area (Å²) >= 11 is 5.90. The lowest BCUT2D eigenvalue weighted by Gasteiger charge is -2.20. The molecule has 124 valence electrons. The molecule has 0 spiro atoms. The monoisotopic (exact) mass is 344 g/mol. The molecule has 0 saturated carbocycles. The van der Waals surface area contributed by atoms with Crippen molar-refractivity contribution in [1.82, 2.24) is 10.3 Å². The third kappa shape index (κ3) is 3.41. The summed E-state index contributed by atoms with van der Waals surface area (Å²) in [5.41, 5.74) is 1.38. The average molecular weight is 345 g/mol. The van der Waals surface area contributed by atoms with Crippen LogP contribution >= 0.6 is 11.6 Å². The molecule has 6 heteroatoms. The highest BCUT2D eigenvalue weighted by Crippen LogP contribution is 2.23. The number of halogens is 1. The number of fused-ring (bicyclic) bond motifs is 1. The first-order valence-electron chi connectivity index (χ1n) is 7.76. The average Bonchev–Trinajstić information content (AvgIpc) is 2.52. The summed E-state index contributed by atoms with van der Waals surface area (Å²) in [4.78, 5) is 39.3. The van der Waals surface area contributed by atoms with Crippen LogP contribution in [0.2, 0.25) is 5.02 Å². The number of hydrogen-bond donors (Lipinski definition) is 2. The molecule has 1 heterocycles. The number of H-pyrrole nitrogens is 1. The quantitative estimate of drug-likeness (QED) is 0.898. The van der Waals surface area contributed by atoms with Crippen molar-refractivity contribution in [1.29, 1.82) is 0 Å². The van der Waals surface area contributed by atoms with Crippen molar-refractivity contribution in [2.45, 2.75) is 26.3 Å². The molecular formula is C18H17ClN2O3. The Labute approximate surface area is 144 Å². The fourth-order valence-corrected chi connectivity index (χ4v) is 3.13. The second kappa shape index (κ2) is 6.61. The van der Waals surface area contributed by atoms with E-state index in [1.165, 1.54) is 6.07 Å². The number of nitrogens with one attached hydrogen (secondary N) is 2. The van der Waals surface area contributed by atoms with Gasteiger partial charge in [-0.2, -0.15) is 0 Å². The molecule has 1 aliphatic carbocycles. The summed E-state index contributed by atoms with van der Waals surface area (Å²) in [6.45, 7) is 2.21. The zero-order chi connectivity index (χ0) is 17.3. The minimum absolute atomic E-state index is 0.0381. The molecule has 24 heavy (non-hydrogen) atoms. The van der Waals surface area contributed by atoms with E-state index < -0.39 is 11.5 Å². The zero-order valence-electron chi connectivity index (χ0n) is 13.2. The molecule has 1 atom stereocenters. The van der Waals surface area contributed by atoms with Crippen molar-refractivity contribution >= 4 is 23.3 Å². The van der Waals surface area contributed by atoms with Gasteiger partial charge < -0.3 is 10.3 Å². The minimum atomic E-state index is -0.509. The van der Waals surface area contributed by atoms with Crippen LogP contribution in [0.15, 0.2) is 35.1 Å². The minimum Gasteiger partial charge on any atom is -0.348 e. The topological polar surface area (TPSA) is 79.0 Å². The molecule has 1 aromatic heterocycles. The molecule has 0 bridgehead atoms. The van der Waals surface area contributed by atoms with Crippen LogP contribution in [0.25, 0.3) is 0 Å². The number of aromatic amines is 1. The van der Waals surface area contributed by atoms with E-state index in [9.17, 15) is 14.4 Å². The Hall–Kier alpha value is -2.40. The van der Waals surface area contributed by atoms with Crippen LogP contribution in [0, 0.1) is 5.92 Å². The Morgan fingerprint density at radius 3 is 2.83 bits per heavy atom. The van der Waals surface area contributed by atoms with Gasteiger partial charge in [0.1, 0.15) is 5.56 Å². The standard InChI is InChI=1S/C18H17ClN2O3/c1-10-5-15-13(16(22)6-10)8-14(18(24)21-15)17(23)20-9-11-3-2-4-12(19)7-11/h2-4,7-8,10H,5-6,9H2,1H3,(H,20,23)(H,21,24)/t10-/m1/s1. The van der Waals surface area contributed by atoms with Crippen molar-refractivity contribution < 1.29 is 9.59 Å². The number of rotatable bonds is 3. The number of Topliss-reactive ketones (excluding diaryl/α,β-unsaturated/α-hetero) is 1. The maximum Gasteiger partial charge on any atom is 0.261 e. The lowest BCUT2D eigenvalue weighted by atomic mass is 9.86. The Morgan fingerprint density at radius 2 is 2.08 bits per heavy atom. The zero-order valence-corrected chi connectivity index (χ0v) is 13.9. The highest BCUT2D eigenvalue weighted by molar-refractivity contribution is 6.30. The third-order valence-electron chi connectivity index (χ3n) is 4.10. The summed E-state index contributed by atoms with van der Waals surface area (Å²) in [5.74, 6) is -0.350. The smallest absolute Gasteiger partial charge is 0.261 e. The molecule has 0 unspecified atom stereocenters. The first-order valence-corrected chi connectivity index (χ1v) is 8.14. The van der Waals surface area contributed by atoms with Gasteiger partial charge in [0, 0.05) is 29.2 Å². The van der Waals surface area contributed by atoms with Crippen LogP contribution in [-0.4, -0.2) is 16.7 Å². The van der Waals surface area contributed by atoms with Crippen molar-refractivity contribution in [3.05, 3.63) is 68.1 Å². The molecule has 0 fully saturated rings. The number of aromatic nitrogens is 1. The maximum absolute atomic E-state index is 12.3. The van der Waals surface area contributed by atoms with E-state index in [0.717, 1.165) is 5.56 Å². The number of pyridine rings is 1. The van der Waals surface area contributed by atoms with E-state index in [-0.39, 0.29) is 23.8 Å². The first-order chi connectivity index (χ1) is 11.4. The predicted molar refractivity (Wildman–Crippen MR) is 91.5 cm³/mol. The van der Waals surface area contributed by atoms with Gasteiger partial charge in [-0.1, -0.05) is 30.7 Å². The summed E-state index contributed by atoms with van der Waals surface area (Å²) in [5, 5.41) is 3.26. The Morgan fingerprint density at radius 1 is 1.29 bits per heavy atom. The lowest BCUT2D eigenvalue weighted by molar-refractivity contribution is 0.0949. The number of amides is 1. The summed E-state index contributed by atoms with van der Waals surface area (Å²) in [7, 11) is 0. The number of ketones is 1. The van der Waals surface area contributed by atoms with Gasteiger partial charge in [-0.05, 0) is 36.1 Å². The lowest BCUT2D eigenvalue weighted by Crippen LogP contribution is -2.32. The van der Waals surface area contributed by atoms with E-state index in [2.05, 4.69) is 10.3 Å². The van der Waals surface area contributed by atoms with Gasteiger partial charge in [0.15, 0.2) is 5.78 Å². The summed E-state index contributed by atoms with van der Waals surface area (Å²) in [6.07, 6.45) is 1.07. The molecule has 2 aromatic rings. The highest BCUT2D eigenvalue weighted by atomic mass is 35.5. The van der Waals surface area contributed by atoms with Crippen LogP contribution in [0.5, 0.6) is 0 Å². The van der Waals surface area contributed by atoms with Crippen LogP contribution < -0.4 is 10.9 Å². The van der Waals surface area contributed by atoms with Gasteiger partial charge in [-0.15, -0.1) is 0 Å². The highest BCUT2D eigenvalue weighted by Gasteiger charge is 2.25. The van der Waals surface area contributed by atoms with Crippen molar-refractivity contribution in [3.8, 4) is 0 Å². The van der Waals surface area contributed by atoms with E-state index in [4.69, 9.17) is 11.6 Å². The Kier molecular flexibility index (Phi) is 4.53. The SMILES string of the molecule is C[C@H]1CC(=O)c2cc(C(=O)NCc3cccc(Cl)c3)c(=O)[nH]c2C1. The molecule has 1 amide bonds. The van der Waals surface area contributed by atoms with Gasteiger partial charge >= 0.3 is 0 Å². The number of benzene rings is 1. The van der Waals surface area contributed by atoms with Crippen LogP contribution in [0.1, 0.15) is 45.3 Å². The van der Waals surface area contributed by atoms with Crippen molar-refractivity contribution in [2.24, 2.45) is 5.92 Å². The number of hydrogen-bond acceptors (Lipinski definition) is 3. The summed E-state index contributed by atoms with van der Waals surface area (Å²) < 4.78 is 0. The van der Waals surface area contributed by atoms with E-state index in [0.29, 0.717) is 29.1 Å². The maximum atomic E-state index is 12.3. The molecule has 0 saturated heterocycles. The second-order valence-electron chi connectivity index (χ2n) is 6.15. The van der Waals surface area contributed by atoms with Gasteiger partial charge in [0.25, 0.3) is 11.5 Å². The number of carbonyl (C=O) groups is 2. The van der Waals surface area contributed by atoms with Gasteiger partial charge in [-0.3, -0.25) is 14.4 Å². The first kappa shape index (κ1) is 16.5. The fourth-order valence-electron chi connectivity index (χ4n) is 2.92.